The number of aromatic nitrogens is 2. The number of carbonyl (C=O) groups is 1. The third kappa shape index (κ3) is 2.67. The molecule has 1 aliphatic rings. The average Bonchev–Trinajstić information content (AvgIpc) is 3.12. The highest BCUT2D eigenvalue weighted by atomic mass is 16.3. The second-order valence-corrected chi connectivity index (χ2v) is 5.45. The van der Waals surface area contributed by atoms with E-state index < -0.39 is 6.10 Å². The number of H-pyrrole nitrogens is 1. The van der Waals surface area contributed by atoms with Gasteiger partial charge in [0.2, 0.25) is 0 Å². The van der Waals surface area contributed by atoms with Crippen LogP contribution in [0.3, 0.4) is 0 Å². The van der Waals surface area contributed by atoms with Gasteiger partial charge in [-0.25, -0.2) is 4.98 Å². The average molecular weight is 273 g/mol. The molecular weight excluding hydrogens is 254 g/mol. The van der Waals surface area contributed by atoms with E-state index >= 15 is 0 Å². The molecule has 5 heteroatoms. The smallest absolute Gasteiger partial charge is 0.267 e. The maximum atomic E-state index is 12.1. The molecule has 1 aliphatic carbocycles. The van der Waals surface area contributed by atoms with Gasteiger partial charge in [0.25, 0.3) is 5.91 Å². The van der Waals surface area contributed by atoms with Crippen LogP contribution in [0.1, 0.15) is 36.2 Å². The number of aromatic amines is 1. The predicted molar refractivity (Wildman–Crippen MR) is 76.4 cm³/mol. The Morgan fingerprint density at radius 1 is 1.50 bits per heavy atom. The van der Waals surface area contributed by atoms with Gasteiger partial charge < -0.3 is 15.4 Å². The number of rotatable bonds is 4. The minimum Gasteiger partial charge on any atom is -0.391 e. The topological polar surface area (TPSA) is 78.0 Å². The quantitative estimate of drug-likeness (QED) is 0.795. The molecule has 3 rings (SSSR count). The molecule has 3 N–H and O–H groups in total. The van der Waals surface area contributed by atoms with E-state index in [9.17, 15) is 9.90 Å². The van der Waals surface area contributed by atoms with E-state index in [1.54, 1.807) is 12.3 Å². The number of fused-ring (bicyclic) bond motifs is 1. The van der Waals surface area contributed by atoms with Crippen LogP contribution in [-0.4, -0.2) is 33.6 Å². The molecule has 2 heterocycles. The predicted octanol–water partition coefficient (Wildman–Crippen LogP) is 1.84. The van der Waals surface area contributed by atoms with Crippen molar-refractivity contribution < 1.29 is 9.90 Å². The molecule has 1 amide bonds. The molecule has 20 heavy (non-hydrogen) atoms. The normalized spacial score (nSPS) is 17.4. The molecule has 1 atom stereocenters. The molecule has 106 valence electrons. The van der Waals surface area contributed by atoms with Crippen molar-refractivity contribution in [1.29, 1.82) is 0 Å². The van der Waals surface area contributed by atoms with E-state index in [1.165, 1.54) is 12.8 Å². The van der Waals surface area contributed by atoms with Gasteiger partial charge in [-0.15, -0.1) is 0 Å². The van der Waals surface area contributed by atoms with Gasteiger partial charge in [-0.3, -0.25) is 4.79 Å². The Bertz CT molecular complexity index is 569. The zero-order valence-electron chi connectivity index (χ0n) is 11.3. The summed E-state index contributed by atoms with van der Waals surface area (Å²) in [5.41, 5.74) is 1.19. The summed E-state index contributed by atoms with van der Waals surface area (Å²) in [5.74, 6) is 0.139. The second-order valence-electron chi connectivity index (χ2n) is 5.45. The van der Waals surface area contributed by atoms with Crippen molar-refractivity contribution in [2.45, 2.75) is 31.8 Å². The first-order valence-electron chi connectivity index (χ1n) is 7.14. The maximum absolute atomic E-state index is 12.1. The SMILES string of the molecule is O=C(NCC(O)C1CCCC1)c1cc2cccnc2[nH]1. The molecule has 1 unspecified atom stereocenters. The van der Waals surface area contributed by atoms with Crippen molar-refractivity contribution in [2.75, 3.05) is 6.54 Å². The molecular formula is C15H19N3O2. The molecule has 5 nitrogen and oxygen atoms in total. The highest BCUT2D eigenvalue weighted by Gasteiger charge is 2.23. The summed E-state index contributed by atoms with van der Waals surface area (Å²) in [6.07, 6.45) is 5.74. The Kier molecular flexibility index (Phi) is 3.69. The third-order valence-corrected chi connectivity index (χ3v) is 4.05. The number of aliphatic hydroxyl groups is 1. The monoisotopic (exact) mass is 273 g/mol. The minimum absolute atomic E-state index is 0.194. The van der Waals surface area contributed by atoms with Crippen molar-refractivity contribution in [3.8, 4) is 0 Å². The highest BCUT2D eigenvalue weighted by Crippen LogP contribution is 2.27. The number of carbonyl (C=O) groups excluding carboxylic acids is 1. The minimum atomic E-state index is -0.441. The Morgan fingerprint density at radius 2 is 2.30 bits per heavy atom. The summed E-state index contributed by atoms with van der Waals surface area (Å²) in [6.45, 7) is 0.312. The molecule has 1 fully saturated rings. The number of hydrogen-bond acceptors (Lipinski definition) is 3. The molecule has 0 saturated heterocycles. The summed E-state index contributed by atoms with van der Waals surface area (Å²) >= 11 is 0. The van der Waals surface area contributed by atoms with Crippen LogP contribution in [0.5, 0.6) is 0 Å². The van der Waals surface area contributed by atoms with Gasteiger partial charge in [0.15, 0.2) is 0 Å². The first kappa shape index (κ1) is 13.1. The fourth-order valence-corrected chi connectivity index (χ4v) is 2.88. The van der Waals surface area contributed by atoms with Crippen LogP contribution in [0.4, 0.5) is 0 Å². The zero-order chi connectivity index (χ0) is 13.9. The number of aliphatic hydroxyl groups excluding tert-OH is 1. The summed E-state index contributed by atoms with van der Waals surface area (Å²) in [7, 11) is 0. The Balaban J connectivity index is 1.61. The largest absolute Gasteiger partial charge is 0.391 e. The molecule has 0 aliphatic heterocycles. The lowest BCUT2D eigenvalue weighted by Gasteiger charge is -2.17. The van der Waals surface area contributed by atoms with E-state index in [0.29, 0.717) is 23.8 Å². The van der Waals surface area contributed by atoms with Crippen LogP contribution in [0.15, 0.2) is 24.4 Å². The molecule has 0 radical (unpaired) electrons. The van der Waals surface area contributed by atoms with E-state index in [2.05, 4.69) is 15.3 Å². The first-order valence-corrected chi connectivity index (χ1v) is 7.14. The maximum Gasteiger partial charge on any atom is 0.267 e. The van der Waals surface area contributed by atoms with E-state index in [1.807, 2.05) is 12.1 Å². The summed E-state index contributed by atoms with van der Waals surface area (Å²) in [4.78, 5) is 19.2. The molecule has 0 spiro atoms. The number of nitrogens with zero attached hydrogens (tertiary/aromatic N) is 1. The van der Waals surface area contributed by atoms with E-state index in [0.717, 1.165) is 18.2 Å². The van der Waals surface area contributed by atoms with Crippen LogP contribution in [0.2, 0.25) is 0 Å². The fourth-order valence-electron chi connectivity index (χ4n) is 2.88. The van der Waals surface area contributed by atoms with E-state index in [-0.39, 0.29) is 5.91 Å². The highest BCUT2D eigenvalue weighted by molar-refractivity contribution is 5.97. The molecule has 2 aromatic heterocycles. The van der Waals surface area contributed by atoms with Crippen LogP contribution in [-0.2, 0) is 0 Å². The van der Waals surface area contributed by atoms with Crippen molar-refractivity contribution in [3.05, 3.63) is 30.1 Å². The van der Waals surface area contributed by atoms with Crippen LogP contribution >= 0.6 is 0 Å². The van der Waals surface area contributed by atoms with E-state index in [4.69, 9.17) is 0 Å². The number of hydrogen-bond donors (Lipinski definition) is 3. The first-order chi connectivity index (χ1) is 9.74. The van der Waals surface area contributed by atoms with Gasteiger partial charge >= 0.3 is 0 Å². The van der Waals surface area contributed by atoms with Gasteiger partial charge in [-0.1, -0.05) is 12.8 Å². The lowest BCUT2D eigenvalue weighted by Crippen LogP contribution is -2.35. The Hall–Kier alpha value is -1.88. The van der Waals surface area contributed by atoms with Crippen LogP contribution in [0.25, 0.3) is 11.0 Å². The zero-order valence-corrected chi connectivity index (χ0v) is 11.3. The van der Waals surface area contributed by atoms with Crippen LogP contribution in [0, 0.1) is 5.92 Å². The van der Waals surface area contributed by atoms with Gasteiger partial charge in [0.05, 0.1) is 6.10 Å². The van der Waals surface area contributed by atoms with Gasteiger partial charge in [0, 0.05) is 18.1 Å². The molecule has 0 aromatic carbocycles. The summed E-state index contributed by atoms with van der Waals surface area (Å²) in [6, 6.07) is 5.52. The van der Waals surface area contributed by atoms with Crippen molar-refractivity contribution >= 4 is 16.9 Å². The number of nitrogens with one attached hydrogen (secondary N) is 2. The lowest BCUT2D eigenvalue weighted by atomic mass is 10.0. The van der Waals surface area contributed by atoms with Gasteiger partial charge in [-0.05, 0) is 37.0 Å². The van der Waals surface area contributed by atoms with Crippen molar-refractivity contribution in [1.82, 2.24) is 15.3 Å². The molecule has 2 aromatic rings. The number of amides is 1. The lowest BCUT2D eigenvalue weighted by molar-refractivity contribution is 0.0837. The number of pyridine rings is 1. The van der Waals surface area contributed by atoms with Crippen molar-refractivity contribution in [2.24, 2.45) is 5.92 Å². The molecule has 0 bridgehead atoms. The summed E-state index contributed by atoms with van der Waals surface area (Å²) in [5, 5.41) is 13.7. The summed E-state index contributed by atoms with van der Waals surface area (Å²) < 4.78 is 0. The van der Waals surface area contributed by atoms with Crippen molar-refractivity contribution in [3.63, 3.8) is 0 Å². The third-order valence-electron chi connectivity index (χ3n) is 4.05. The Labute approximate surface area is 117 Å². The Morgan fingerprint density at radius 3 is 3.05 bits per heavy atom. The fraction of sp³-hybridized carbons (Fsp3) is 0.467. The second kappa shape index (κ2) is 5.63. The van der Waals surface area contributed by atoms with Gasteiger partial charge in [0.1, 0.15) is 11.3 Å². The molecule has 1 saturated carbocycles. The van der Waals surface area contributed by atoms with Gasteiger partial charge in [-0.2, -0.15) is 0 Å². The van der Waals surface area contributed by atoms with Crippen LogP contribution < -0.4 is 5.32 Å². The standard InChI is InChI=1S/C15H19N3O2/c19-13(10-4-1-2-5-10)9-17-15(20)12-8-11-6-3-7-16-14(11)18-12/h3,6-8,10,13,19H,1-2,4-5,9H2,(H,16,18)(H,17,20).